The second-order valence-corrected chi connectivity index (χ2v) is 7.54. The summed E-state index contributed by atoms with van der Waals surface area (Å²) in [5.41, 5.74) is 0. The summed E-state index contributed by atoms with van der Waals surface area (Å²) < 4.78 is 27.4. The molecule has 1 fully saturated rings. The molecule has 1 aromatic rings. The number of nitrogens with zero attached hydrogens (tertiary/aromatic N) is 1. The van der Waals surface area contributed by atoms with Gasteiger partial charge in [-0.25, -0.2) is 8.42 Å². The molecule has 18 heavy (non-hydrogen) atoms. The summed E-state index contributed by atoms with van der Waals surface area (Å²) in [6.07, 6.45) is 2.57. The summed E-state index contributed by atoms with van der Waals surface area (Å²) in [6, 6.07) is 6.54. The lowest BCUT2D eigenvalue weighted by Gasteiger charge is -2.33. The van der Waals surface area contributed by atoms with Gasteiger partial charge in [0.15, 0.2) is 0 Å². The first-order valence-electron chi connectivity index (χ1n) is 5.94. The van der Waals surface area contributed by atoms with Gasteiger partial charge in [0.25, 0.3) is 0 Å². The Kier molecular flexibility index (Phi) is 4.63. The zero-order valence-electron chi connectivity index (χ0n) is 9.92. The molecule has 0 spiro atoms. The molecule has 1 atom stereocenters. The number of hydrogen-bond acceptors (Lipinski definition) is 3. The molecular formula is C12H16INO3S. The number of benzene rings is 1. The van der Waals surface area contributed by atoms with Gasteiger partial charge in [-0.05, 0) is 59.7 Å². The van der Waals surface area contributed by atoms with E-state index in [-0.39, 0.29) is 12.6 Å². The Morgan fingerprint density at radius 2 is 1.94 bits per heavy atom. The minimum Gasteiger partial charge on any atom is -0.395 e. The lowest BCUT2D eigenvalue weighted by atomic mass is 10.1. The third kappa shape index (κ3) is 2.87. The molecule has 2 rings (SSSR count). The summed E-state index contributed by atoms with van der Waals surface area (Å²) in [4.78, 5) is 0.309. The van der Waals surface area contributed by atoms with Gasteiger partial charge in [0.1, 0.15) is 0 Å². The van der Waals surface area contributed by atoms with E-state index in [4.69, 9.17) is 0 Å². The molecule has 0 aliphatic carbocycles. The SMILES string of the molecule is O=S(=O)(c1ccc(I)cc1)N1CCCCC1CO. The molecule has 0 radical (unpaired) electrons. The standard InChI is InChI=1S/C12H16INO3S/c13-10-4-6-12(7-5-10)18(16,17)14-8-2-1-3-11(14)9-15/h4-7,11,15H,1-3,8-9H2. The summed E-state index contributed by atoms with van der Waals surface area (Å²) in [6.45, 7) is 0.392. The third-order valence-electron chi connectivity index (χ3n) is 3.20. The number of hydrogen-bond donors (Lipinski definition) is 1. The van der Waals surface area contributed by atoms with Gasteiger partial charge in [-0.15, -0.1) is 0 Å². The van der Waals surface area contributed by atoms with Crippen LogP contribution in [0.15, 0.2) is 29.2 Å². The van der Waals surface area contributed by atoms with Crippen LogP contribution in [0.3, 0.4) is 0 Å². The minimum atomic E-state index is -3.47. The van der Waals surface area contributed by atoms with Crippen molar-refractivity contribution in [2.45, 2.75) is 30.2 Å². The fourth-order valence-electron chi connectivity index (χ4n) is 2.21. The summed E-state index contributed by atoms with van der Waals surface area (Å²) in [5.74, 6) is 0. The van der Waals surface area contributed by atoms with Gasteiger partial charge >= 0.3 is 0 Å². The van der Waals surface area contributed by atoms with E-state index in [0.29, 0.717) is 11.4 Å². The molecular weight excluding hydrogens is 365 g/mol. The van der Waals surface area contributed by atoms with Gasteiger partial charge in [-0.2, -0.15) is 4.31 Å². The van der Waals surface area contributed by atoms with Crippen molar-refractivity contribution < 1.29 is 13.5 Å². The zero-order chi connectivity index (χ0) is 13.2. The summed E-state index contributed by atoms with van der Waals surface area (Å²) in [5, 5.41) is 9.31. The summed E-state index contributed by atoms with van der Waals surface area (Å²) >= 11 is 2.14. The first-order chi connectivity index (χ1) is 8.55. The molecule has 1 heterocycles. The second-order valence-electron chi connectivity index (χ2n) is 4.40. The Bertz CT molecular complexity index is 501. The molecule has 0 aromatic heterocycles. The fraction of sp³-hybridized carbons (Fsp3) is 0.500. The molecule has 4 nitrogen and oxygen atoms in total. The highest BCUT2D eigenvalue weighted by atomic mass is 127. The van der Waals surface area contributed by atoms with Crippen LogP contribution in [0.4, 0.5) is 0 Å². The van der Waals surface area contributed by atoms with E-state index in [1.807, 2.05) is 0 Å². The van der Waals surface area contributed by atoms with Crippen molar-refractivity contribution in [1.29, 1.82) is 0 Å². The van der Waals surface area contributed by atoms with Gasteiger partial charge in [0.05, 0.1) is 11.5 Å². The monoisotopic (exact) mass is 381 g/mol. The summed E-state index contributed by atoms with van der Waals surface area (Å²) in [7, 11) is -3.47. The van der Waals surface area contributed by atoms with Crippen LogP contribution >= 0.6 is 22.6 Å². The van der Waals surface area contributed by atoms with Crippen LogP contribution in [0.25, 0.3) is 0 Å². The van der Waals surface area contributed by atoms with E-state index >= 15 is 0 Å². The van der Waals surface area contributed by atoms with Gasteiger partial charge in [-0.3, -0.25) is 0 Å². The van der Waals surface area contributed by atoms with Crippen LogP contribution < -0.4 is 0 Å². The van der Waals surface area contributed by atoms with Crippen LogP contribution in [0.2, 0.25) is 0 Å². The molecule has 1 N–H and O–H groups in total. The third-order valence-corrected chi connectivity index (χ3v) is 5.89. The largest absolute Gasteiger partial charge is 0.395 e. The van der Waals surface area contributed by atoms with Crippen molar-refractivity contribution in [2.24, 2.45) is 0 Å². The Morgan fingerprint density at radius 3 is 2.56 bits per heavy atom. The molecule has 1 aliphatic rings. The Hall–Kier alpha value is -0.180. The lowest BCUT2D eigenvalue weighted by molar-refractivity contribution is 0.155. The quantitative estimate of drug-likeness (QED) is 0.813. The average molecular weight is 381 g/mol. The topological polar surface area (TPSA) is 57.6 Å². The Morgan fingerprint density at radius 1 is 1.28 bits per heavy atom. The van der Waals surface area contributed by atoms with E-state index in [1.54, 1.807) is 24.3 Å². The lowest BCUT2D eigenvalue weighted by Crippen LogP contribution is -2.45. The molecule has 100 valence electrons. The molecule has 1 unspecified atom stereocenters. The maximum absolute atomic E-state index is 12.5. The predicted octanol–water partition coefficient (Wildman–Crippen LogP) is 1.83. The van der Waals surface area contributed by atoms with Crippen molar-refractivity contribution in [3.63, 3.8) is 0 Å². The highest BCUT2D eigenvalue weighted by Crippen LogP contribution is 2.25. The van der Waals surface area contributed by atoms with Gasteiger partial charge in [0.2, 0.25) is 10.0 Å². The minimum absolute atomic E-state index is 0.108. The first-order valence-corrected chi connectivity index (χ1v) is 8.46. The number of piperidine rings is 1. The Balaban J connectivity index is 2.32. The number of rotatable bonds is 3. The molecule has 1 aromatic carbocycles. The normalized spacial score (nSPS) is 22.0. The van der Waals surface area contributed by atoms with Crippen molar-refractivity contribution in [2.75, 3.05) is 13.2 Å². The molecule has 1 aliphatic heterocycles. The number of halogens is 1. The van der Waals surface area contributed by atoms with Gasteiger partial charge < -0.3 is 5.11 Å². The smallest absolute Gasteiger partial charge is 0.243 e. The van der Waals surface area contributed by atoms with Gasteiger partial charge in [-0.1, -0.05) is 6.42 Å². The molecule has 1 saturated heterocycles. The zero-order valence-corrected chi connectivity index (χ0v) is 12.9. The number of aliphatic hydroxyl groups is 1. The second kappa shape index (κ2) is 5.85. The van der Waals surface area contributed by atoms with Gasteiger partial charge in [0, 0.05) is 16.2 Å². The van der Waals surface area contributed by atoms with Crippen LogP contribution in [0, 0.1) is 3.57 Å². The van der Waals surface area contributed by atoms with E-state index in [9.17, 15) is 13.5 Å². The molecule has 0 saturated carbocycles. The van der Waals surface area contributed by atoms with Crippen LogP contribution in [-0.4, -0.2) is 37.0 Å². The first kappa shape index (κ1) is 14.2. The molecule has 6 heteroatoms. The van der Waals surface area contributed by atoms with E-state index < -0.39 is 10.0 Å². The van der Waals surface area contributed by atoms with Crippen molar-refractivity contribution in [3.8, 4) is 0 Å². The average Bonchev–Trinajstić information content (AvgIpc) is 2.39. The maximum atomic E-state index is 12.5. The van der Waals surface area contributed by atoms with Crippen molar-refractivity contribution in [1.82, 2.24) is 4.31 Å². The maximum Gasteiger partial charge on any atom is 0.243 e. The molecule has 0 bridgehead atoms. The van der Waals surface area contributed by atoms with E-state index in [0.717, 1.165) is 22.8 Å². The Labute approximate surface area is 121 Å². The molecule has 0 amide bonds. The number of sulfonamides is 1. The van der Waals surface area contributed by atoms with Crippen LogP contribution in [-0.2, 0) is 10.0 Å². The highest BCUT2D eigenvalue weighted by molar-refractivity contribution is 14.1. The van der Waals surface area contributed by atoms with Crippen LogP contribution in [0.1, 0.15) is 19.3 Å². The van der Waals surface area contributed by atoms with E-state index in [2.05, 4.69) is 22.6 Å². The van der Waals surface area contributed by atoms with Crippen LogP contribution in [0.5, 0.6) is 0 Å². The fourth-order valence-corrected chi connectivity index (χ4v) is 4.26. The van der Waals surface area contributed by atoms with Crippen molar-refractivity contribution >= 4 is 32.6 Å². The number of aliphatic hydroxyl groups excluding tert-OH is 1. The van der Waals surface area contributed by atoms with E-state index in [1.165, 1.54) is 4.31 Å². The van der Waals surface area contributed by atoms with Crippen molar-refractivity contribution in [3.05, 3.63) is 27.8 Å². The predicted molar refractivity (Wildman–Crippen MR) is 77.8 cm³/mol. The highest BCUT2D eigenvalue weighted by Gasteiger charge is 2.32.